The summed E-state index contributed by atoms with van der Waals surface area (Å²) in [5.74, 6) is 0.516. The Bertz CT molecular complexity index is 1020. The number of hydrazine groups is 1. The van der Waals surface area contributed by atoms with E-state index in [0.29, 0.717) is 12.0 Å². The first kappa shape index (κ1) is 50.2. The monoisotopic (exact) mass is 826 g/mol. The van der Waals surface area contributed by atoms with Gasteiger partial charge in [0.25, 0.3) is 0 Å². The van der Waals surface area contributed by atoms with Crippen LogP contribution in [0.3, 0.4) is 0 Å². The Morgan fingerprint density at radius 1 is 0.655 bits per heavy atom. The van der Waals surface area contributed by atoms with Crippen LogP contribution in [0.15, 0.2) is 0 Å². The largest absolute Gasteiger partial charge is 0.394 e. The van der Waals surface area contributed by atoms with Gasteiger partial charge in [-0.15, -0.1) is 0 Å². The molecule has 5 fully saturated rings. The topological polar surface area (TPSA) is 167 Å². The predicted octanol–water partition coefficient (Wildman–Crippen LogP) is 7.02. The van der Waals surface area contributed by atoms with Crippen molar-refractivity contribution in [3.63, 3.8) is 0 Å². The second-order valence-electron chi connectivity index (χ2n) is 19.3. The molecule has 342 valence electrons. The van der Waals surface area contributed by atoms with Crippen LogP contribution in [0.5, 0.6) is 0 Å². The molecule has 5 rings (SSSR count). The zero-order valence-electron chi connectivity index (χ0n) is 37.1. The fourth-order valence-electron chi connectivity index (χ4n) is 10.3. The van der Waals surface area contributed by atoms with Gasteiger partial charge in [0, 0.05) is 23.5 Å². The van der Waals surface area contributed by atoms with Crippen LogP contribution in [0.1, 0.15) is 200 Å². The lowest BCUT2D eigenvalue weighted by molar-refractivity contribution is -0.305. The van der Waals surface area contributed by atoms with Gasteiger partial charge in [0.1, 0.15) is 24.4 Å². The Kier molecular flexibility index (Phi) is 24.5. The summed E-state index contributed by atoms with van der Waals surface area (Å²) in [6, 6.07) is 0.0524. The molecular formula is C47H91N3O8. The molecular weight excluding hydrogens is 735 g/mol. The molecule has 0 aromatic rings. The van der Waals surface area contributed by atoms with Crippen molar-refractivity contribution in [2.24, 2.45) is 11.8 Å². The first-order chi connectivity index (χ1) is 28.2. The number of rotatable bonds is 36. The summed E-state index contributed by atoms with van der Waals surface area (Å²) in [4.78, 5) is 2.88. The SMILES string of the molecule is CCCCCCCCCCCCCC[C@@H](O)[C@@H](O)[C@H](COC1OC(CO)C(O)C(O)C1O)C1CC(CCCCCCCCN(CCCCCCC)C23CC(C2)C3)NN1. The first-order valence-corrected chi connectivity index (χ1v) is 24.8. The lowest BCUT2D eigenvalue weighted by atomic mass is 9.49. The fourth-order valence-corrected chi connectivity index (χ4v) is 10.3. The summed E-state index contributed by atoms with van der Waals surface area (Å²) in [5, 5.41) is 63.5. The summed E-state index contributed by atoms with van der Waals surface area (Å²) in [6.45, 7) is 6.55. The van der Waals surface area contributed by atoms with Gasteiger partial charge in [0.15, 0.2) is 6.29 Å². The maximum Gasteiger partial charge on any atom is 0.186 e. The Morgan fingerprint density at radius 2 is 1.17 bits per heavy atom. The maximum atomic E-state index is 11.5. The Labute approximate surface area is 353 Å². The molecule has 7 unspecified atom stereocenters. The molecule has 3 saturated carbocycles. The molecule has 10 atom stereocenters. The predicted molar refractivity (Wildman–Crippen MR) is 232 cm³/mol. The van der Waals surface area contributed by atoms with Crippen LogP contribution < -0.4 is 10.9 Å². The van der Waals surface area contributed by atoms with Gasteiger partial charge >= 0.3 is 0 Å². The van der Waals surface area contributed by atoms with Crippen molar-refractivity contribution >= 4 is 0 Å². The van der Waals surface area contributed by atoms with Crippen LogP contribution in [0, 0.1) is 11.8 Å². The average Bonchev–Trinajstić information content (AvgIpc) is 3.66. The minimum absolute atomic E-state index is 0.0383. The highest BCUT2D eigenvalue weighted by atomic mass is 16.7. The van der Waals surface area contributed by atoms with E-state index in [9.17, 15) is 30.6 Å². The Balaban J connectivity index is 1.14. The Hall–Kier alpha value is -0.440. The van der Waals surface area contributed by atoms with Crippen molar-refractivity contribution < 1.29 is 40.1 Å². The van der Waals surface area contributed by atoms with Crippen molar-refractivity contribution in [1.29, 1.82) is 0 Å². The molecule has 0 aromatic heterocycles. The van der Waals surface area contributed by atoms with Gasteiger partial charge < -0.3 is 40.1 Å². The average molecular weight is 826 g/mol. The van der Waals surface area contributed by atoms with E-state index in [2.05, 4.69) is 29.6 Å². The van der Waals surface area contributed by atoms with Crippen LogP contribution in [0.2, 0.25) is 0 Å². The fraction of sp³-hybridized carbons (Fsp3) is 1.00. The Morgan fingerprint density at radius 3 is 1.69 bits per heavy atom. The van der Waals surface area contributed by atoms with E-state index < -0.39 is 55.4 Å². The highest BCUT2D eigenvalue weighted by molar-refractivity contribution is 5.14. The number of unbranched alkanes of at least 4 members (excludes halogenated alkanes) is 20. The zero-order chi connectivity index (χ0) is 41.6. The summed E-state index contributed by atoms with van der Waals surface area (Å²) < 4.78 is 11.6. The van der Waals surface area contributed by atoms with Crippen molar-refractivity contribution in [1.82, 2.24) is 15.8 Å². The van der Waals surface area contributed by atoms with Gasteiger partial charge in [-0.25, -0.2) is 0 Å². The second-order valence-corrected chi connectivity index (χ2v) is 19.3. The van der Waals surface area contributed by atoms with Crippen molar-refractivity contribution in [2.45, 2.75) is 261 Å². The smallest absolute Gasteiger partial charge is 0.186 e. The summed E-state index contributed by atoms with van der Waals surface area (Å²) in [7, 11) is 0. The highest BCUT2D eigenvalue weighted by Gasteiger charge is 2.59. The quantitative estimate of drug-likeness (QED) is 0.0306. The summed E-state index contributed by atoms with van der Waals surface area (Å²) >= 11 is 0. The van der Waals surface area contributed by atoms with E-state index in [4.69, 9.17) is 9.47 Å². The van der Waals surface area contributed by atoms with Gasteiger partial charge in [-0.2, -0.15) is 0 Å². The molecule has 2 saturated heterocycles. The number of nitrogens with zero attached hydrogens (tertiary/aromatic N) is 1. The normalized spacial score (nSPS) is 31.0. The van der Waals surface area contributed by atoms with Gasteiger partial charge in [-0.05, 0) is 70.4 Å². The molecule has 8 N–H and O–H groups in total. The number of hydrogen-bond acceptors (Lipinski definition) is 11. The lowest BCUT2D eigenvalue weighted by Crippen LogP contribution is -2.68. The highest BCUT2D eigenvalue weighted by Crippen LogP contribution is 2.60. The third-order valence-corrected chi connectivity index (χ3v) is 14.5. The minimum atomic E-state index is -1.54. The molecule has 0 amide bonds. The van der Waals surface area contributed by atoms with E-state index in [1.54, 1.807) is 0 Å². The second kappa shape index (κ2) is 28.3. The van der Waals surface area contributed by atoms with Crippen LogP contribution in [0.4, 0.5) is 0 Å². The molecule has 5 aliphatic rings. The van der Waals surface area contributed by atoms with Crippen molar-refractivity contribution in [3.05, 3.63) is 0 Å². The third kappa shape index (κ3) is 16.4. The van der Waals surface area contributed by atoms with Crippen LogP contribution in [-0.2, 0) is 9.47 Å². The molecule has 0 aromatic carbocycles. The van der Waals surface area contributed by atoms with Crippen molar-refractivity contribution in [2.75, 3.05) is 26.3 Å². The number of ether oxygens (including phenoxy) is 2. The molecule has 0 spiro atoms. The number of nitrogens with one attached hydrogen (secondary N) is 2. The van der Waals surface area contributed by atoms with Gasteiger partial charge in [-0.1, -0.05) is 149 Å². The molecule has 58 heavy (non-hydrogen) atoms. The molecule has 3 aliphatic carbocycles. The summed E-state index contributed by atoms with van der Waals surface area (Å²) in [5.41, 5.74) is 7.41. The standard InChI is InChI=1S/C47H91N3O8/c1-3-5-7-9-10-11-12-13-14-15-19-23-27-40(52)42(53)38(35-57-46-45(56)44(55)43(54)41(34-51)58-46)39-30-37(48-49-39)26-22-18-16-17-21-25-29-50(28-24-20-8-6-4-2)47-31-36(32-47)33-47/h36-46,48-49,51-56H,3-35H2,1-2H3/t36?,37?,38-,39?,40-,41?,42+,43?,44?,45?,46?,47?/m1/s1. The number of hydrogen-bond donors (Lipinski definition) is 8. The van der Waals surface area contributed by atoms with Crippen LogP contribution >= 0.6 is 0 Å². The third-order valence-electron chi connectivity index (χ3n) is 14.5. The maximum absolute atomic E-state index is 11.5. The zero-order valence-corrected chi connectivity index (χ0v) is 37.1. The molecule has 2 heterocycles. The molecule has 0 radical (unpaired) electrons. The number of aliphatic hydroxyl groups is 6. The van der Waals surface area contributed by atoms with E-state index in [1.165, 1.54) is 154 Å². The van der Waals surface area contributed by atoms with E-state index in [1.807, 2.05) is 0 Å². The molecule has 2 bridgehead atoms. The van der Waals surface area contributed by atoms with Gasteiger partial charge in [-0.3, -0.25) is 15.8 Å². The van der Waals surface area contributed by atoms with E-state index >= 15 is 0 Å². The van der Waals surface area contributed by atoms with Crippen LogP contribution in [0.25, 0.3) is 0 Å². The van der Waals surface area contributed by atoms with Crippen LogP contribution in [-0.4, -0.2) is 122 Å². The van der Waals surface area contributed by atoms with Gasteiger partial charge in [0.05, 0.1) is 25.4 Å². The number of aliphatic hydroxyl groups excluding tert-OH is 6. The minimum Gasteiger partial charge on any atom is -0.394 e. The first-order valence-electron chi connectivity index (χ1n) is 24.8. The van der Waals surface area contributed by atoms with E-state index in [-0.39, 0.29) is 18.7 Å². The molecule has 11 nitrogen and oxygen atoms in total. The lowest BCUT2D eigenvalue weighted by Gasteiger charge is -2.67. The van der Waals surface area contributed by atoms with Crippen molar-refractivity contribution in [3.8, 4) is 0 Å². The van der Waals surface area contributed by atoms with E-state index in [0.717, 1.165) is 44.4 Å². The molecule has 2 aliphatic heterocycles. The van der Waals surface area contributed by atoms with Gasteiger partial charge in [0.2, 0.25) is 0 Å². The summed E-state index contributed by atoms with van der Waals surface area (Å²) in [6.07, 6.45) is 26.9. The molecule has 11 heteroatoms.